The van der Waals surface area contributed by atoms with Crippen molar-refractivity contribution >= 4 is 28.8 Å². The Kier molecular flexibility index (Phi) is 7.77. The molecule has 0 atom stereocenters. The van der Waals surface area contributed by atoms with Crippen LogP contribution in [0.4, 0.5) is 0 Å². The average Bonchev–Trinajstić information content (AvgIpc) is 3.17. The zero-order chi connectivity index (χ0) is 23.9. The summed E-state index contributed by atoms with van der Waals surface area (Å²) in [6.45, 7) is 6.77. The highest BCUT2D eigenvalue weighted by atomic mass is 16.5. The molecule has 1 aliphatic heterocycles. The van der Waals surface area contributed by atoms with E-state index in [1.54, 1.807) is 18.2 Å². The van der Waals surface area contributed by atoms with E-state index in [-0.39, 0.29) is 17.5 Å². The predicted molar refractivity (Wildman–Crippen MR) is 134 cm³/mol. The molecule has 7 heteroatoms. The van der Waals surface area contributed by atoms with Gasteiger partial charge in [0.2, 0.25) is 0 Å². The molecule has 178 valence electrons. The molecule has 7 nitrogen and oxygen atoms in total. The van der Waals surface area contributed by atoms with Gasteiger partial charge in [-0.2, -0.15) is 0 Å². The summed E-state index contributed by atoms with van der Waals surface area (Å²) in [6, 6.07) is 15.3. The zero-order valence-electron chi connectivity index (χ0n) is 19.8. The Bertz CT molecular complexity index is 1170. The third kappa shape index (κ3) is 5.92. The van der Waals surface area contributed by atoms with Crippen molar-refractivity contribution in [3.63, 3.8) is 0 Å². The van der Waals surface area contributed by atoms with Crippen LogP contribution in [0.5, 0.6) is 0 Å². The number of morpholine rings is 1. The molecule has 4 rings (SSSR count). The van der Waals surface area contributed by atoms with Crippen LogP contribution in [0.25, 0.3) is 17.0 Å². The molecular weight excluding hydrogens is 428 g/mol. The highest BCUT2D eigenvalue weighted by molar-refractivity contribution is 6.06. The van der Waals surface area contributed by atoms with Crippen LogP contribution in [0.1, 0.15) is 27.9 Å². The Labute approximate surface area is 200 Å². The minimum atomic E-state index is -0.310. The molecule has 34 heavy (non-hydrogen) atoms. The maximum atomic E-state index is 13.1. The van der Waals surface area contributed by atoms with E-state index in [2.05, 4.69) is 15.5 Å². The van der Waals surface area contributed by atoms with E-state index in [0.717, 1.165) is 61.3 Å². The number of rotatable bonds is 8. The van der Waals surface area contributed by atoms with Gasteiger partial charge in [-0.25, -0.2) is 0 Å². The van der Waals surface area contributed by atoms with Crippen LogP contribution in [-0.4, -0.2) is 60.7 Å². The van der Waals surface area contributed by atoms with Crippen LogP contribution in [0.3, 0.4) is 0 Å². The molecular formula is C27H32N4O3. The quantitative estimate of drug-likeness (QED) is 0.400. The van der Waals surface area contributed by atoms with Crippen molar-refractivity contribution in [1.29, 1.82) is 0 Å². The van der Waals surface area contributed by atoms with Gasteiger partial charge in [0, 0.05) is 54.9 Å². The van der Waals surface area contributed by atoms with E-state index < -0.39 is 0 Å². The molecule has 0 saturated carbocycles. The van der Waals surface area contributed by atoms with Gasteiger partial charge >= 0.3 is 0 Å². The maximum absolute atomic E-state index is 13.1. The highest BCUT2D eigenvalue weighted by Gasteiger charge is 2.16. The molecule has 3 aromatic rings. The summed E-state index contributed by atoms with van der Waals surface area (Å²) in [5.74, 6) is -0.606. The van der Waals surface area contributed by atoms with Crippen LogP contribution in [0.2, 0.25) is 0 Å². The van der Waals surface area contributed by atoms with Crippen LogP contribution >= 0.6 is 0 Å². The predicted octanol–water partition coefficient (Wildman–Crippen LogP) is 3.10. The molecule has 0 radical (unpaired) electrons. The Morgan fingerprint density at radius 1 is 1.06 bits per heavy atom. The van der Waals surface area contributed by atoms with Crippen molar-refractivity contribution in [3.8, 4) is 0 Å². The Morgan fingerprint density at radius 2 is 1.79 bits per heavy atom. The number of ether oxygens (including phenoxy) is 1. The Hall–Kier alpha value is -3.42. The Morgan fingerprint density at radius 3 is 2.56 bits per heavy atom. The SMILES string of the molecule is Cc1ccc(C(=O)N/C(=C\c2cn(C)c3ccccc23)C(=O)NCCCN2CCOCC2)cc1. The van der Waals surface area contributed by atoms with Crippen LogP contribution < -0.4 is 10.6 Å². The lowest BCUT2D eigenvalue weighted by atomic mass is 10.1. The number of aryl methyl sites for hydroxylation is 2. The van der Waals surface area contributed by atoms with Crippen molar-refractivity contribution in [1.82, 2.24) is 20.1 Å². The van der Waals surface area contributed by atoms with E-state index >= 15 is 0 Å². The topological polar surface area (TPSA) is 75.6 Å². The summed E-state index contributed by atoms with van der Waals surface area (Å²) >= 11 is 0. The average molecular weight is 461 g/mol. The van der Waals surface area contributed by atoms with E-state index in [1.807, 2.05) is 61.1 Å². The van der Waals surface area contributed by atoms with Gasteiger partial charge in [-0.05, 0) is 44.2 Å². The number of carbonyl (C=O) groups excluding carboxylic acids is 2. The summed E-state index contributed by atoms with van der Waals surface area (Å²) in [4.78, 5) is 28.4. The molecule has 1 saturated heterocycles. The molecule has 2 N–H and O–H groups in total. The first kappa shape index (κ1) is 23.7. The minimum Gasteiger partial charge on any atom is -0.379 e. The normalized spacial score (nSPS) is 14.8. The number of benzene rings is 2. The van der Waals surface area contributed by atoms with Gasteiger partial charge in [0.1, 0.15) is 5.70 Å². The third-order valence-corrected chi connectivity index (χ3v) is 6.07. The van der Waals surface area contributed by atoms with Crippen molar-refractivity contribution < 1.29 is 14.3 Å². The first-order valence-corrected chi connectivity index (χ1v) is 11.7. The van der Waals surface area contributed by atoms with Gasteiger partial charge in [0.25, 0.3) is 11.8 Å². The molecule has 1 aliphatic rings. The van der Waals surface area contributed by atoms with Crippen molar-refractivity contribution in [2.75, 3.05) is 39.4 Å². The lowest BCUT2D eigenvalue weighted by molar-refractivity contribution is -0.117. The fourth-order valence-electron chi connectivity index (χ4n) is 4.13. The fourth-order valence-corrected chi connectivity index (χ4v) is 4.13. The smallest absolute Gasteiger partial charge is 0.267 e. The van der Waals surface area contributed by atoms with Crippen LogP contribution in [0, 0.1) is 6.92 Å². The lowest BCUT2D eigenvalue weighted by Crippen LogP contribution is -2.39. The molecule has 1 fully saturated rings. The number of hydrogen-bond acceptors (Lipinski definition) is 4. The molecule has 2 heterocycles. The monoisotopic (exact) mass is 460 g/mol. The second kappa shape index (κ2) is 11.1. The van der Waals surface area contributed by atoms with E-state index in [0.29, 0.717) is 12.1 Å². The second-order valence-electron chi connectivity index (χ2n) is 8.65. The highest BCUT2D eigenvalue weighted by Crippen LogP contribution is 2.22. The molecule has 0 bridgehead atoms. The van der Waals surface area contributed by atoms with Crippen LogP contribution in [0.15, 0.2) is 60.4 Å². The molecule has 0 unspecified atom stereocenters. The number of nitrogens with zero attached hydrogens (tertiary/aromatic N) is 2. The van der Waals surface area contributed by atoms with E-state index in [1.165, 1.54) is 0 Å². The van der Waals surface area contributed by atoms with Crippen molar-refractivity contribution in [3.05, 3.63) is 77.1 Å². The summed E-state index contributed by atoms with van der Waals surface area (Å²) in [7, 11) is 1.97. The van der Waals surface area contributed by atoms with E-state index in [9.17, 15) is 9.59 Å². The van der Waals surface area contributed by atoms with Gasteiger partial charge in [0.15, 0.2) is 0 Å². The standard InChI is InChI=1S/C27H32N4O3/c1-20-8-10-21(11-9-20)26(32)29-24(18-22-19-30(2)25-7-4-3-6-23(22)25)27(33)28-12-5-13-31-14-16-34-17-15-31/h3-4,6-11,18-19H,5,12-17H2,1-2H3,(H,28,33)(H,29,32)/b24-18-. The first-order chi connectivity index (χ1) is 16.5. The number of carbonyl (C=O) groups is 2. The summed E-state index contributed by atoms with van der Waals surface area (Å²) in [5, 5.41) is 6.84. The molecule has 0 spiro atoms. The number of fused-ring (bicyclic) bond motifs is 1. The molecule has 1 aromatic heterocycles. The fraction of sp³-hybridized carbons (Fsp3) is 0.333. The minimum absolute atomic E-state index is 0.230. The summed E-state index contributed by atoms with van der Waals surface area (Å²) in [5.41, 5.74) is 3.74. The molecule has 2 amide bonds. The summed E-state index contributed by atoms with van der Waals surface area (Å²) in [6.07, 6.45) is 4.55. The van der Waals surface area contributed by atoms with Gasteiger partial charge in [-0.3, -0.25) is 14.5 Å². The second-order valence-corrected chi connectivity index (χ2v) is 8.65. The van der Waals surface area contributed by atoms with Gasteiger partial charge in [0.05, 0.1) is 13.2 Å². The number of hydrogen-bond donors (Lipinski definition) is 2. The maximum Gasteiger partial charge on any atom is 0.267 e. The molecule has 2 aromatic carbocycles. The van der Waals surface area contributed by atoms with Crippen LogP contribution in [-0.2, 0) is 16.6 Å². The summed E-state index contributed by atoms with van der Waals surface area (Å²) < 4.78 is 7.40. The largest absolute Gasteiger partial charge is 0.379 e. The van der Waals surface area contributed by atoms with E-state index in [4.69, 9.17) is 4.74 Å². The Balaban J connectivity index is 1.50. The molecule has 0 aliphatic carbocycles. The van der Waals surface area contributed by atoms with Gasteiger partial charge in [-0.1, -0.05) is 35.9 Å². The number of para-hydroxylation sites is 1. The number of nitrogens with one attached hydrogen (secondary N) is 2. The third-order valence-electron chi connectivity index (χ3n) is 6.07. The number of amides is 2. The van der Waals surface area contributed by atoms with Gasteiger partial charge < -0.3 is 19.9 Å². The number of aromatic nitrogens is 1. The van der Waals surface area contributed by atoms with Gasteiger partial charge in [-0.15, -0.1) is 0 Å². The van der Waals surface area contributed by atoms with Crippen molar-refractivity contribution in [2.45, 2.75) is 13.3 Å². The van der Waals surface area contributed by atoms with Crippen molar-refractivity contribution in [2.24, 2.45) is 7.05 Å². The zero-order valence-corrected chi connectivity index (χ0v) is 19.8. The lowest BCUT2D eigenvalue weighted by Gasteiger charge is -2.26. The first-order valence-electron chi connectivity index (χ1n) is 11.7.